The third-order valence-corrected chi connectivity index (χ3v) is 7.10. The number of carboxylic acid groups (broad SMARTS) is 1. The number of aromatic nitrogens is 2. The summed E-state index contributed by atoms with van der Waals surface area (Å²) in [7, 11) is 4.57. The molecule has 45 heavy (non-hydrogen) atoms. The van der Waals surface area contributed by atoms with Crippen molar-refractivity contribution in [3.8, 4) is 34.6 Å². The van der Waals surface area contributed by atoms with Crippen LogP contribution in [0, 0.1) is 0 Å². The lowest BCUT2D eigenvalue weighted by Gasteiger charge is -2.15. The molecule has 0 aliphatic rings. The van der Waals surface area contributed by atoms with Crippen LogP contribution in [0.25, 0.3) is 33.5 Å². The lowest BCUT2D eigenvalue weighted by molar-refractivity contribution is 0.0697. The number of hydrogen-bond donors (Lipinski definition) is 1. The van der Waals surface area contributed by atoms with E-state index in [9.17, 15) is 9.59 Å². The molecule has 0 aliphatic heterocycles. The monoisotopic (exact) mass is 605 g/mol. The van der Waals surface area contributed by atoms with Gasteiger partial charge in [-0.2, -0.15) is 9.78 Å². The SMILES string of the molecule is COc1cc(C=Nn2c(-c3cc4c(OC)cccc4o3)nc3ccccc3c2=O)cc(OC)c1OCc1ccc(C(=O)O)cc1. The first kappa shape index (κ1) is 29.0. The van der Waals surface area contributed by atoms with Crippen LogP contribution < -0.4 is 24.5 Å². The Morgan fingerprint density at radius 1 is 0.889 bits per heavy atom. The molecule has 226 valence electrons. The quantitative estimate of drug-likeness (QED) is 0.187. The zero-order valence-corrected chi connectivity index (χ0v) is 24.5. The molecule has 0 atom stereocenters. The van der Waals surface area contributed by atoms with E-state index in [0.29, 0.717) is 50.8 Å². The van der Waals surface area contributed by atoms with Crippen molar-refractivity contribution < 1.29 is 33.3 Å². The smallest absolute Gasteiger partial charge is 0.335 e. The van der Waals surface area contributed by atoms with E-state index >= 15 is 0 Å². The molecule has 1 N–H and O–H groups in total. The van der Waals surface area contributed by atoms with Gasteiger partial charge in [0.2, 0.25) is 11.6 Å². The standard InChI is InChI=1S/C34H27N3O8/c1-41-26-9-6-10-27-24(26)17-30(45-27)32-36-25-8-5-4-7-23(25)33(38)37(32)35-18-21-15-28(42-2)31(29(16-21)43-3)44-19-20-11-13-22(14-12-20)34(39)40/h4-18H,19H2,1-3H3,(H,39,40). The van der Waals surface area contributed by atoms with Crippen molar-refractivity contribution in [1.29, 1.82) is 0 Å². The number of rotatable bonds is 10. The minimum atomic E-state index is -1.00. The van der Waals surface area contributed by atoms with Crippen LogP contribution in [0.4, 0.5) is 0 Å². The van der Waals surface area contributed by atoms with Gasteiger partial charge in [-0.3, -0.25) is 4.79 Å². The van der Waals surface area contributed by atoms with Crippen LogP contribution in [0.2, 0.25) is 0 Å². The van der Waals surface area contributed by atoms with Crippen molar-refractivity contribution in [2.24, 2.45) is 5.10 Å². The van der Waals surface area contributed by atoms with Gasteiger partial charge < -0.3 is 28.5 Å². The predicted molar refractivity (Wildman–Crippen MR) is 168 cm³/mol. The molecule has 0 spiro atoms. The molecule has 6 rings (SSSR count). The van der Waals surface area contributed by atoms with Crippen LogP contribution in [-0.2, 0) is 6.61 Å². The van der Waals surface area contributed by atoms with Gasteiger partial charge in [-0.05, 0) is 60.2 Å². The molecule has 6 aromatic rings. The summed E-state index contributed by atoms with van der Waals surface area (Å²) in [5.74, 6) is 1.25. The molecule has 2 heterocycles. The van der Waals surface area contributed by atoms with Gasteiger partial charge in [0.25, 0.3) is 5.56 Å². The Labute approximate surface area is 256 Å². The highest BCUT2D eigenvalue weighted by Crippen LogP contribution is 2.39. The first-order valence-electron chi connectivity index (χ1n) is 13.7. The molecule has 4 aromatic carbocycles. The number of carbonyl (C=O) groups is 1. The van der Waals surface area contributed by atoms with Gasteiger partial charge in [-0.1, -0.05) is 30.3 Å². The first-order valence-corrected chi connectivity index (χ1v) is 13.7. The van der Waals surface area contributed by atoms with Crippen LogP contribution in [-0.4, -0.2) is 48.3 Å². The van der Waals surface area contributed by atoms with E-state index in [0.717, 1.165) is 10.9 Å². The van der Waals surface area contributed by atoms with Gasteiger partial charge in [0.1, 0.15) is 17.9 Å². The Balaban J connectivity index is 1.39. The highest BCUT2D eigenvalue weighted by atomic mass is 16.5. The second-order valence-corrected chi connectivity index (χ2v) is 9.84. The third-order valence-electron chi connectivity index (χ3n) is 7.10. The lowest BCUT2D eigenvalue weighted by atomic mass is 10.1. The summed E-state index contributed by atoms with van der Waals surface area (Å²) in [6.07, 6.45) is 1.49. The molecular weight excluding hydrogens is 578 g/mol. The fraction of sp³-hybridized carbons (Fsp3) is 0.118. The maximum absolute atomic E-state index is 13.7. The van der Waals surface area contributed by atoms with Crippen molar-refractivity contribution in [3.05, 3.63) is 112 Å². The Hall–Kier alpha value is -6.10. The predicted octanol–water partition coefficient (Wildman–Crippen LogP) is 5.99. The summed E-state index contributed by atoms with van der Waals surface area (Å²) in [6.45, 7) is 0.143. The zero-order valence-electron chi connectivity index (χ0n) is 24.5. The van der Waals surface area contributed by atoms with E-state index in [2.05, 4.69) is 5.10 Å². The Morgan fingerprint density at radius 3 is 2.29 bits per heavy atom. The van der Waals surface area contributed by atoms with Gasteiger partial charge in [0.15, 0.2) is 17.3 Å². The number of furan rings is 1. The van der Waals surface area contributed by atoms with Crippen LogP contribution in [0.3, 0.4) is 0 Å². The fourth-order valence-corrected chi connectivity index (χ4v) is 4.85. The summed E-state index contributed by atoms with van der Waals surface area (Å²) in [4.78, 5) is 29.6. The Kier molecular flexibility index (Phi) is 7.89. The maximum Gasteiger partial charge on any atom is 0.335 e. The van der Waals surface area contributed by atoms with Crippen molar-refractivity contribution in [2.45, 2.75) is 6.61 Å². The van der Waals surface area contributed by atoms with E-state index in [1.165, 1.54) is 37.2 Å². The fourth-order valence-electron chi connectivity index (χ4n) is 4.85. The molecule has 0 bridgehead atoms. The summed E-state index contributed by atoms with van der Waals surface area (Å²) in [5, 5.41) is 14.8. The zero-order chi connectivity index (χ0) is 31.5. The first-order chi connectivity index (χ1) is 21.9. The van der Waals surface area contributed by atoms with Gasteiger partial charge in [-0.25, -0.2) is 9.78 Å². The molecule has 11 heteroatoms. The molecular formula is C34H27N3O8. The molecule has 0 saturated carbocycles. The highest BCUT2D eigenvalue weighted by molar-refractivity contribution is 5.89. The number of benzene rings is 4. The molecule has 11 nitrogen and oxygen atoms in total. The molecule has 0 amide bonds. The van der Waals surface area contributed by atoms with E-state index in [-0.39, 0.29) is 23.6 Å². The number of aromatic carboxylic acids is 1. The van der Waals surface area contributed by atoms with Gasteiger partial charge >= 0.3 is 5.97 Å². The molecule has 0 aliphatic carbocycles. The number of nitrogens with zero attached hydrogens (tertiary/aromatic N) is 3. The summed E-state index contributed by atoms with van der Waals surface area (Å²) in [6, 6.07) is 24.0. The molecule has 0 fully saturated rings. The number of methoxy groups -OCH3 is 3. The highest BCUT2D eigenvalue weighted by Gasteiger charge is 2.19. The van der Waals surface area contributed by atoms with Crippen LogP contribution in [0.5, 0.6) is 23.0 Å². The maximum atomic E-state index is 13.7. The second kappa shape index (κ2) is 12.3. The summed E-state index contributed by atoms with van der Waals surface area (Å²) < 4.78 is 30.0. The lowest BCUT2D eigenvalue weighted by Crippen LogP contribution is -2.20. The Morgan fingerprint density at radius 2 is 1.60 bits per heavy atom. The van der Waals surface area contributed by atoms with Crippen LogP contribution in [0.15, 0.2) is 99.2 Å². The molecule has 0 unspecified atom stereocenters. The normalized spacial score (nSPS) is 11.3. The minimum absolute atomic E-state index is 0.143. The molecule has 0 saturated heterocycles. The minimum Gasteiger partial charge on any atom is -0.496 e. The average Bonchev–Trinajstić information content (AvgIpc) is 3.51. The van der Waals surface area contributed by atoms with E-state index in [1.807, 2.05) is 12.1 Å². The van der Waals surface area contributed by atoms with Crippen molar-refractivity contribution in [2.75, 3.05) is 21.3 Å². The number of carboxylic acids is 1. The average molecular weight is 606 g/mol. The van der Waals surface area contributed by atoms with E-state index in [1.54, 1.807) is 67.8 Å². The summed E-state index contributed by atoms with van der Waals surface area (Å²) >= 11 is 0. The van der Waals surface area contributed by atoms with Crippen molar-refractivity contribution in [1.82, 2.24) is 9.66 Å². The van der Waals surface area contributed by atoms with Gasteiger partial charge in [0.05, 0.1) is 49.4 Å². The van der Waals surface area contributed by atoms with E-state index < -0.39 is 5.97 Å². The molecule has 0 radical (unpaired) electrons. The number of fused-ring (bicyclic) bond motifs is 2. The second-order valence-electron chi connectivity index (χ2n) is 9.84. The van der Waals surface area contributed by atoms with E-state index in [4.69, 9.17) is 33.5 Å². The largest absolute Gasteiger partial charge is 0.496 e. The third kappa shape index (κ3) is 5.66. The topological polar surface area (TPSA) is 135 Å². The van der Waals surface area contributed by atoms with Crippen molar-refractivity contribution in [3.63, 3.8) is 0 Å². The van der Waals surface area contributed by atoms with Gasteiger partial charge in [0, 0.05) is 5.56 Å². The van der Waals surface area contributed by atoms with Crippen molar-refractivity contribution >= 4 is 34.1 Å². The molecule has 2 aromatic heterocycles. The Bertz CT molecular complexity index is 2110. The van der Waals surface area contributed by atoms with Crippen LogP contribution in [0.1, 0.15) is 21.5 Å². The number of para-hydroxylation sites is 1. The van der Waals surface area contributed by atoms with Crippen LogP contribution >= 0.6 is 0 Å². The number of hydrogen-bond acceptors (Lipinski definition) is 9. The summed E-state index contributed by atoms with van der Waals surface area (Å²) in [5.41, 5.74) is 2.19. The number of ether oxygens (including phenoxy) is 4. The van der Waals surface area contributed by atoms with Gasteiger partial charge in [-0.15, -0.1) is 0 Å².